The molecule has 108 valence electrons. The van der Waals surface area contributed by atoms with Crippen molar-refractivity contribution in [2.24, 2.45) is 0 Å². The number of anilines is 1. The van der Waals surface area contributed by atoms with Gasteiger partial charge in [0.1, 0.15) is 0 Å². The summed E-state index contributed by atoms with van der Waals surface area (Å²) in [6.45, 7) is 0. The number of nitrogens with zero attached hydrogens (tertiary/aromatic N) is 2. The maximum Gasteiger partial charge on any atom is 0.356 e. The Kier molecular flexibility index (Phi) is 4.24. The maximum atomic E-state index is 12.1. The second-order valence-electron chi connectivity index (χ2n) is 3.70. The van der Waals surface area contributed by atoms with Gasteiger partial charge in [0.2, 0.25) is 0 Å². The van der Waals surface area contributed by atoms with Crippen molar-refractivity contribution in [3.8, 4) is 0 Å². The van der Waals surface area contributed by atoms with Crippen LogP contribution in [0.3, 0.4) is 0 Å². The monoisotopic (exact) mass is 307 g/mol. The van der Waals surface area contributed by atoms with E-state index in [0.717, 1.165) is 0 Å². The second kappa shape index (κ2) is 6.09. The number of esters is 1. The van der Waals surface area contributed by atoms with Crippen molar-refractivity contribution in [3.63, 3.8) is 0 Å². The van der Waals surface area contributed by atoms with Gasteiger partial charge in [0.25, 0.3) is 5.91 Å². The third-order valence-corrected chi connectivity index (χ3v) is 3.17. The minimum atomic E-state index is -1.37. The Bertz CT molecular complexity index is 712. The van der Waals surface area contributed by atoms with E-state index in [1.165, 1.54) is 41.6 Å². The summed E-state index contributed by atoms with van der Waals surface area (Å²) in [6.07, 6.45) is 2.38. The predicted octanol–water partition coefficient (Wildman–Crippen LogP) is 1.28. The molecule has 0 atom stereocenters. The first kappa shape index (κ1) is 14.6. The van der Waals surface area contributed by atoms with E-state index in [0.29, 0.717) is 0 Å². The summed E-state index contributed by atoms with van der Waals surface area (Å²) in [5.74, 6) is -2.75. The highest BCUT2D eigenvalue weighted by Gasteiger charge is 2.22. The van der Waals surface area contributed by atoms with Gasteiger partial charge in [-0.2, -0.15) is 0 Å². The van der Waals surface area contributed by atoms with Gasteiger partial charge in [-0.15, -0.1) is 11.3 Å². The van der Waals surface area contributed by atoms with Crippen molar-refractivity contribution in [1.29, 1.82) is 0 Å². The molecule has 2 aromatic rings. The number of amides is 1. The van der Waals surface area contributed by atoms with Gasteiger partial charge < -0.3 is 15.2 Å². The zero-order chi connectivity index (χ0) is 15.4. The summed E-state index contributed by atoms with van der Waals surface area (Å²) >= 11 is 1.19. The molecule has 0 unspecified atom stereocenters. The van der Waals surface area contributed by atoms with Gasteiger partial charge in [-0.1, -0.05) is 0 Å². The van der Waals surface area contributed by atoms with Crippen molar-refractivity contribution in [2.75, 3.05) is 12.4 Å². The third kappa shape index (κ3) is 3.03. The number of methoxy groups -OCH3 is 1. The van der Waals surface area contributed by atoms with Crippen molar-refractivity contribution in [2.45, 2.75) is 0 Å². The SMILES string of the molecule is COC(=O)c1cscc1NC(=O)c1nccnc1C(=O)O. The van der Waals surface area contributed by atoms with Crippen LogP contribution in [0.15, 0.2) is 23.2 Å². The lowest BCUT2D eigenvalue weighted by Gasteiger charge is -2.06. The molecule has 9 heteroatoms. The first-order chi connectivity index (χ1) is 10.0. The van der Waals surface area contributed by atoms with Crippen molar-refractivity contribution < 1.29 is 24.2 Å². The number of aromatic carboxylic acids is 1. The summed E-state index contributed by atoms with van der Waals surface area (Å²) in [6, 6.07) is 0. The van der Waals surface area contributed by atoms with Crippen LogP contribution in [0, 0.1) is 0 Å². The number of carbonyl (C=O) groups excluding carboxylic acids is 2. The smallest absolute Gasteiger partial charge is 0.356 e. The Labute approximate surface area is 122 Å². The molecule has 0 aromatic carbocycles. The van der Waals surface area contributed by atoms with E-state index in [4.69, 9.17) is 5.11 Å². The predicted molar refractivity (Wildman–Crippen MR) is 72.6 cm³/mol. The van der Waals surface area contributed by atoms with E-state index >= 15 is 0 Å². The highest BCUT2D eigenvalue weighted by molar-refractivity contribution is 7.08. The fourth-order valence-electron chi connectivity index (χ4n) is 1.50. The van der Waals surface area contributed by atoms with Crippen LogP contribution in [-0.4, -0.2) is 40.0 Å². The molecular formula is C12H9N3O5S. The fraction of sp³-hybridized carbons (Fsp3) is 0.0833. The molecule has 0 aliphatic rings. The molecule has 2 rings (SSSR count). The Morgan fingerprint density at radius 2 is 1.86 bits per heavy atom. The minimum absolute atomic E-state index is 0.177. The quantitative estimate of drug-likeness (QED) is 0.816. The van der Waals surface area contributed by atoms with Gasteiger partial charge in [0.15, 0.2) is 11.4 Å². The van der Waals surface area contributed by atoms with E-state index < -0.39 is 23.5 Å². The number of hydrogen-bond acceptors (Lipinski definition) is 7. The zero-order valence-corrected chi connectivity index (χ0v) is 11.5. The average molecular weight is 307 g/mol. The van der Waals surface area contributed by atoms with Crippen LogP contribution in [-0.2, 0) is 4.74 Å². The van der Waals surface area contributed by atoms with E-state index in [1.807, 2.05) is 0 Å². The number of carbonyl (C=O) groups is 3. The van der Waals surface area contributed by atoms with Gasteiger partial charge in [-0.05, 0) is 0 Å². The summed E-state index contributed by atoms with van der Waals surface area (Å²) in [7, 11) is 1.22. The molecule has 0 saturated heterocycles. The third-order valence-electron chi connectivity index (χ3n) is 2.43. The molecule has 21 heavy (non-hydrogen) atoms. The first-order valence-corrected chi connectivity index (χ1v) is 6.49. The summed E-state index contributed by atoms with van der Waals surface area (Å²) in [4.78, 5) is 41.9. The summed E-state index contributed by atoms with van der Waals surface area (Å²) < 4.78 is 4.58. The standard InChI is InChI=1S/C12H9N3O5S/c1-20-12(19)6-4-21-5-7(6)15-10(16)8-9(11(17)18)14-3-2-13-8/h2-5H,1H3,(H,15,16)(H,17,18). The Hall–Kier alpha value is -2.81. The highest BCUT2D eigenvalue weighted by Crippen LogP contribution is 2.22. The molecule has 2 aromatic heterocycles. The van der Waals surface area contributed by atoms with E-state index in [-0.39, 0.29) is 16.9 Å². The molecule has 0 aliphatic heterocycles. The van der Waals surface area contributed by atoms with Crippen LogP contribution in [0.1, 0.15) is 31.3 Å². The number of hydrogen-bond donors (Lipinski definition) is 2. The highest BCUT2D eigenvalue weighted by atomic mass is 32.1. The molecule has 0 bridgehead atoms. The number of thiophene rings is 1. The second-order valence-corrected chi connectivity index (χ2v) is 4.45. The number of ether oxygens (including phenoxy) is 1. The maximum absolute atomic E-state index is 12.1. The summed E-state index contributed by atoms with van der Waals surface area (Å²) in [5, 5.41) is 14.4. The van der Waals surface area contributed by atoms with E-state index in [2.05, 4.69) is 20.0 Å². The molecule has 8 nitrogen and oxygen atoms in total. The first-order valence-electron chi connectivity index (χ1n) is 5.54. The van der Waals surface area contributed by atoms with Crippen LogP contribution >= 0.6 is 11.3 Å². The van der Waals surface area contributed by atoms with Crippen LogP contribution in [0.4, 0.5) is 5.69 Å². The lowest BCUT2D eigenvalue weighted by atomic mass is 10.2. The Morgan fingerprint density at radius 1 is 1.19 bits per heavy atom. The van der Waals surface area contributed by atoms with Gasteiger partial charge >= 0.3 is 11.9 Å². The Balaban J connectivity index is 2.29. The van der Waals surface area contributed by atoms with Crippen LogP contribution in [0.2, 0.25) is 0 Å². The number of rotatable bonds is 4. The molecule has 0 radical (unpaired) electrons. The molecule has 1 amide bonds. The fourth-order valence-corrected chi connectivity index (χ4v) is 2.25. The van der Waals surface area contributed by atoms with Crippen molar-refractivity contribution in [1.82, 2.24) is 9.97 Å². The minimum Gasteiger partial charge on any atom is -0.476 e. The molecule has 2 N–H and O–H groups in total. The molecule has 0 aliphatic carbocycles. The summed E-state index contributed by atoms with van der Waals surface area (Å²) in [5.41, 5.74) is -0.410. The number of nitrogens with one attached hydrogen (secondary N) is 1. The van der Waals surface area contributed by atoms with Gasteiger partial charge in [0, 0.05) is 23.2 Å². The van der Waals surface area contributed by atoms with Gasteiger partial charge in [-0.3, -0.25) is 4.79 Å². The largest absolute Gasteiger partial charge is 0.476 e. The molecule has 2 heterocycles. The Morgan fingerprint density at radius 3 is 2.48 bits per heavy atom. The van der Waals surface area contributed by atoms with Crippen LogP contribution in [0.25, 0.3) is 0 Å². The van der Waals surface area contributed by atoms with Crippen molar-refractivity contribution in [3.05, 3.63) is 40.1 Å². The number of aromatic nitrogens is 2. The van der Waals surface area contributed by atoms with Crippen molar-refractivity contribution >= 4 is 34.9 Å². The molecule has 0 saturated carbocycles. The zero-order valence-electron chi connectivity index (χ0n) is 10.7. The molecule has 0 spiro atoms. The normalized spacial score (nSPS) is 9.95. The number of carboxylic acids is 1. The average Bonchev–Trinajstić information content (AvgIpc) is 2.94. The van der Waals surface area contributed by atoms with Crippen LogP contribution < -0.4 is 5.32 Å². The van der Waals surface area contributed by atoms with E-state index in [1.54, 1.807) is 0 Å². The van der Waals surface area contributed by atoms with Gasteiger partial charge in [-0.25, -0.2) is 19.6 Å². The van der Waals surface area contributed by atoms with E-state index in [9.17, 15) is 14.4 Å². The lowest BCUT2D eigenvalue weighted by molar-refractivity contribution is 0.0601. The number of carboxylic acid groups (broad SMARTS) is 1. The topological polar surface area (TPSA) is 118 Å². The van der Waals surface area contributed by atoms with Gasteiger partial charge in [0.05, 0.1) is 18.4 Å². The molecular weight excluding hydrogens is 298 g/mol. The van der Waals surface area contributed by atoms with Crippen LogP contribution in [0.5, 0.6) is 0 Å². The lowest BCUT2D eigenvalue weighted by Crippen LogP contribution is -2.20. The molecule has 0 fully saturated rings.